The van der Waals surface area contributed by atoms with Gasteiger partial charge in [-0.2, -0.15) is 0 Å². The van der Waals surface area contributed by atoms with Gasteiger partial charge in [-0.1, -0.05) is 22.7 Å². The fourth-order valence-corrected chi connectivity index (χ4v) is 3.95. The highest BCUT2D eigenvalue weighted by Gasteiger charge is 2.24. The van der Waals surface area contributed by atoms with Gasteiger partial charge >= 0.3 is 5.97 Å². The van der Waals surface area contributed by atoms with Crippen molar-refractivity contribution in [1.82, 2.24) is 9.45 Å². The molecule has 0 N–H and O–H groups in total. The van der Waals surface area contributed by atoms with Gasteiger partial charge in [0.05, 0.1) is 17.6 Å². The van der Waals surface area contributed by atoms with Crippen LogP contribution in [0.4, 0.5) is 0 Å². The van der Waals surface area contributed by atoms with E-state index in [2.05, 4.69) is 20.9 Å². The van der Waals surface area contributed by atoms with E-state index in [1.54, 1.807) is 6.92 Å². The number of hydroxylamine groups is 1. The minimum absolute atomic E-state index is 0.0602. The van der Waals surface area contributed by atoms with Gasteiger partial charge in [0.25, 0.3) is 10.0 Å². The Kier molecular flexibility index (Phi) is 6.71. The van der Waals surface area contributed by atoms with Crippen molar-refractivity contribution in [3.63, 3.8) is 0 Å². The summed E-state index contributed by atoms with van der Waals surface area (Å²) in [6.45, 7) is 1.61. The molecule has 10 heteroatoms. The van der Waals surface area contributed by atoms with Crippen LogP contribution in [0.3, 0.4) is 0 Å². The maximum atomic E-state index is 12.6. The zero-order valence-corrected chi connectivity index (χ0v) is 18.9. The topological polar surface area (TPSA) is 98.9 Å². The van der Waals surface area contributed by atoms with Crippen molar-refractivity contribution < 1.29 is 27.2 Å². The van der Waals surface area contributed by atoms with Gasteiger partial charge in [-0.15, -0.1) is 0 Å². The molecule has 1 heterocycles. The van der Waals surface area contributed by atoms with Gasteiger partial charge in [-0.05, 0) is 53.2 Å². The highest BCUT2D eigenvalue weighted by atomic mass is 79.9. The number of aromatic nitrogens is 1. The van der Waals surface area contributed by atoms with E-state index < -0.39 is 16.0 Å². The second kappa shape index (κ2) is 9.09. The van der Waals surface area contributed by atoms with E-state index in [9.17, 15) is 13.2 Å². The van der Waals surface area contributed by atoms with Crippen LogP contribution in [0, 0.1) is 6.92 Å². The molecule has 0 aliphatic carbocycles. The monoisotopic (exact) mass is 494 g/mol. The van der Waals surface area contributed by atoms with E-state index >= 15 is 0 Å². The Morgan fingerprint density at radius 2 is 1.90 bits per heavy atom. The summed E-state index contributed by atoms with van der Waals surface area (Å²) in [5.41, 5.74) is 1.34. The standard InChI is InChI=1S/C20H19BrN2O6S/c1-13-18(22-19(29-13)14-7-5-4-6-8-14)12-28-20(24)16-11-15(9-10-17(16)21)30(25,26)23(2)27-3/h4-11H,12H2,1-3H3. The Morgan fingerprint density at radius 1 is 1.20 bits per heavy atom. The average Bonchev–Trinajstić information content (AvgIpc) is 3.12. The first-order valence-electron chi connectivity index (χ1n) is 8.75. The number of carbonyl (C=O) groups excluding carboxylic acids is 1. The third-order valence-corrected chi connectivity index (χ3v) is 6.67. The number of hydrogen-bond donors (Lipinski definition) is 0. The second-order valence-electron chi connectivity index (χ2n) is 6.20. The summed E-state index contributed by atoms with van der Waals surface area (Å²) in [7, 11) is -1.42. The van der Waals surface area contributed by atoms with Gasteiger partial charge in [0.1, 0.15) is 18.1 Å². The van der Waals surface area contributed by atoms with Crippen molar-refractivity contribution in [1.29, 1.82) is 0 Å². The Bertz CT molecular complexity index is 1160. The number of hydrogen-bond acceptors (Lipinski definition) is 7. The van der Waals surface area contributed by atoms with Crippen LogP contribution < -0.4 is 0 Å². The lowest BCUT2D eigenvalue weighted by Gasteiger charge is -2.15. The molecule has 8 nitrogen and oxygen atoms in total. The van der Waals surface area contributed by atoms with Crippen LogP contribution in [0.5, 0.6) is 0 Å². The van der Waals surface area contributed by atoms with Gasteiger partial charge in [-0.25, -0.2) is 18.2 Å². The molecular weight excluding hydrogens is 476 g/mol. The van der Waals surface area contributed by atoms with Gasteiger partial charge in [0.2, 0.25) is 5.89 Å². The fraction of sp³-hybridized carbons (Fsp3) is 0.200. The molecule has 0 aliphatic heterocycles. The number of sulfonamides is 1. The lowest BCUT2D eigenvalue weighted by Crippen LogP contribution is -2.26. The molecule has 0 unspecified atom stereocenters. The highest BCUT2D eigenvalue weighted by Crippen LogP contribution is 2.25. The van der Waals surface area contributed by atoms with E-state index in [1.807, 2.05) is 30.3 Å². The van der Waals surface area contributed by atoms with Crippen molar-refractivity contribution in [2.24, 2.45) is 0 Å². The SMILES string of the molecule is CON(C)S(=O)(=O)c1ccc(Br)c(C(=O)OCc2nc(-c3ccccc3)oc2C)c1. The van der Waals surface area contributed by atoms with E-state index in [0.717, 1.165) is 5.56 Å². The molecule has 30 heavy (non-hydrogen) atoms. The second-order valence-corrected chi connectivity index (χ2v) is 8.99. The summed E-state index contributed by atoms with van der Waals surface area (Å²) < 4.78 is 36.9. The first kappa shape index (κ1) is 22.2. The van der Waals surface area contributed by atoms with Crippen molar-refractivity contribution in [3.8, 4) is 11.5 Å². The van der Waals surface area contributed by atoms with Crippen molar-refractivity contribution in [2.45, 2.75) is 18.4 Å². The van der Waals surface area contributed by atoms with Gasteiger partial charge < -0.3 is 9.15 Å². The summed E-state index contributed by atoms with van der Waals surface area (Å²) >= 11 is 3.25. The average molecular weight is 495 g/mol. The third kappa shape index (κ3) is 4.62. The van der Waals surface area contributed by atoms with Gasteiger partial charge in [-0.3, -0.25) is 4.84 Å². The Morgan fingerprint density at radius 3 is 2.57 bits per heavy atom. The van der Waals surface area contributed by atoms with E-state index in [0.29, 0.717) is 26.3 Å². The molecule has 0 saturated heterocycles. The number of carbonyl (C=O) groups is 1. The van der Waals surface area contributed by atoms with Crippen LogP contribution in [0.15, 0.2) is 62.3 Å². The smallest absolute Gasteiger partial charge is 0.339 e. The normalized spacial score (nSPS) is 11.6. The maximum Gasteiger partial charge on any atom is 0.339 e. The van der Waals surface area contributed by atoms with E-state index in [-0.39, 0.29) is 17.1 Å². The summed E-state index contributed by atoms with van der Waals surface area (Å²) in [4.78, 5) is 21.6. The quantitative estimate of drug-likeness (QED) is 0.362. The van der Waals surface area contributed by atoms with Crippen LogP contribution in [0.25, 0.3) is 11.5 Å². The molecule has 0 aliphatic rings. The largest absolute Gasteiger partial charge is 0.455 e. The van der Waals surface area contributed by atoms with Crippen LogP contribution in [-0.4, -0.2) is 38.0 Å². The molecule has 0 radical (unpaired) electrons. The number of rotatable bonds is 7. The van der Waals surface area contributed by atoms with Crippen LogP contribution in [0.1, 0.15) is 21.8 Å². The molecule has 3 aromatic rings. The summed E-state index contributed by atoms with van der Waals surface area (Å²) in [5.74, 6) is 0.248. The van der Waals surface area contributed by atoms with Crippen LogP contribution >= 0.6 is 15.9 Å². The van der Waals surface area contributed by atoms with Gasteiger partial charge in [0, 0.05) is 17.1 Å². The summed E-state index contributed by atoms with van der Waals surface area (Å²) in [6.07, 6.45) is 0. The van der Waals surface area contributed by atoms with Crippen LogP contribution in [0.2, 0.25) is 0 Å². The molecule has 0 amide bonds. The predicted octanol–water partition coefficient (Wildman–Crippen LogP) is 3.95. The lowest BCUT2D eigenvalue weighted by atomic mass is 10.2. The van der Waals surface area contributed by atoms with E-state index in [1.165, 1.54) is 32.4 Å². The minimum atomic E-state index is -3.91. The molecule has 0 atom stereocenters. The predicted molar refractivity (Wildman–Crippen MR) is 112 cm³/mol. The molecule has 1 aromatic heterocycles. The third-order valence-electron chi connectivity index (χ3n) is 4.30. The molecule has 0 saturated carbocycles. The number of esters is 1. The molecule has 0 fully saturated rings. The molecule has 158 valence electrons. The van der Waals surface area contributed by atoms with Crippen molar-refractivity contribution in [3.05, 3.63) is 70.0 Å². The Balaban J connectivity index is 1.79. The lowest BCUT2D eigenvalue weighted by molar-refractivity contribution is -0.0258. The zero-order chi connectivity index (χ0) is 21.9. The molecule has 0 bridgehead atoms. The Hall–Kier alpha value is -2.53. The first-order chi connectivity index (χ1) is 14.2. The molecule has 0 spiro atoms. The molecule has 3 rings (SSSR count). The summed E-state index contributed by atoms with van der Waals surface area (Å²) in [5, 5.41) is 0. The number of halogens is 1. The molecular formula is C20H19BrN2O6S. The number of aryl methyl sites for hydroxylation is 1. The first-order valence-corrected chi connectivity index (χ1v) is 11.0. The van der Waals surface area contributed by atoms with Crippen LogP contribution in [-0.2, 0) is 26.2 Å². The number of oxazole rings is 1. The Labute approximate surface area is 182 Å². The number of nitrogens with zero attached hydrogens (tertiary/aromatic N) is 2. The van der Waals surface area contributed by atoms with Crippen molar-refractivity contribution >= 4 is 31.9 Å². The molecule has 2 aromatic carbocycles. The van der Waals surface area contributed by atoms with E-state index in [4.69, 9.17) is 14.0 Å². The van der Waals surface area contributed by atoms with Crippen molar-refractivity contribution in [2.75, 3.05) is 14.2 Å². The van der Waals surface area contributed by atoms with Gasteiger partial charge in [0.15, 0.2) is 0 Å². The fourth-order valence-electron chi connectivity index (χ4n) is 2.55. The number of ether oxygens (including phenoxy) is 1. The highest BCUT2D eigenvalue weighted by molar-refractivity contribution is 9.10. The summed E-state index contributed by atoms with van der Waals surface area (Å²) in [6, 6.07) is 13.4. The maximum absolute atomic E-state index is 12.6. The number of benzene rings is 2. The zero-order valence-electron chi connectivity index (χ0n) is 16.5. The minimum Gasteiger partial charge on any atom is -0.455 e.